The van der Waals surface area contributed by atoms with Crippen molar-refractivity contribution >= 4 is 0 Å². The van der Waals surface area contributed by atoms with Crippen molar-refractivity contribution in [1.82, 2.24) is 20.0 Å². The molecule has 0 saturated heterocycles. The van der Waals surface area contributed by atoms with Crippen LogP contribution in [0.1, 0.15) is 25.3 Å². The highest BCUT2D eigenvalue weighted by Gasteiger charge is 2.09. The summed E-state index contributed by atoms with van der Waals surface area (Å²) in [6, 6.07) is 1.47. The van der Waals surface area contributed by atoms with Gasteiger partial charge < -0.3 is 0 Å². The van der Waals surface area contributed by atoms with Crippen LogP contribution in [-0.4, -0.2) is 20.0 Å². The molecule has 78 valence electrons. The second-order valence-corrected chi connectivity index (χ2v) is 3.55. The van der Waals surface area contributed by atoms with Crippen LogP contribution < -0.4 is 0 Å². The van der Waals surface area contributed by atoms with Crippen LogP contribution in [0.4, 0.5) is 4.39 Å². The van der Waals surface area contributed by atoms with E-state index >= 15 is 0 Å². The van der Waals surface area contributed by atoms with Gasteiger partial charge in [-0.1, -0.05) is 13.8 Å². The van der Waals surface area contributed by atoms with Crippen LogP contribution in [0.25, 0.3) is 5.82 Å². The molecule has 0 aliphatic carbocycles. The maximum atomic E-state index is 13.6. The van der Waals surface area contributed by atoms with Gasteiger partial charge >= 0.3 is 0 Å². The molecule has 2 aromatic rings. The lowest BCUT2D eigenvalue weighted by molar-refractivity contribution is 0.579. The van der Waals surface area contributed by atoms with Crippen LogP contribution in [0.2, 0.25) is 0 Å². The number of aromatic nitrogens is 4. The first-order valence-electron chi connectivity index (χ1n) is 4.70. The maximum Gasteiger partial charge on any atom is 0.210 e. The molecule has 0 saturated carbocycles. The minimum absolute atomic E-state index is 0.129. The summed E-state index contributed by atoms with van der Waals surface area (Å²) in [5.74, 6) is -0.0200. The van der Waals surface area contributed by atoms with Gasteiger partial charge in [0.1, 0.15) is 0 Å². The molecule has 2 aromatic heterocycles. The molecule has 0 bridgehead atoms. The molecule has 2 rings (SSSR count). The summed E-state index contributed by atoms with van der Waals surface area (Å²) < 4.78 is 13.6. The van der Waals surface area contributed by atoms with E-state index in [0.717, 1.165) is 5.56 Å². The summed E-state index contributed by atoms with van der Waals surface area (Å²) >= 11 is 0. The van der Waals surface area contributed by atoms with Crippen molar-refractivity contribution in [3.63, 3.8) is 0 Å². The third kappa shape index (κ3) is 1.86. The van der Waals surface area contributed by atoms with Crippen molar-refractivity contribution in [3.05, 3.63) is 36.0 Å². The van der Waals surface area contributed by atoms with Crippen molar-refractivity contribution in [1.29, 1.82) is 0 Å². The standard InChI is InChI=1S/C10H11FN4/c1-7(2)8-5-9(11)10(12-6-8)15-13-3-4-14-15/h3-7H,1-2H3. The van der Waals surface area contributed by atoms with Crippen molar-refractivity contribution in [2.75, 3.05) is 0 Å². The van der Waals surface area contributed by atoms with Gasteiger partial charge in [-0.2, -0.15) is 10.2 Å². The summed E-state index contributed by atoms with van der Waals surface area (Å²) in [7, 11) is 0. The van der Waals surface area contributed by atoms with Crippen LogP contribution in [0.5, 0.6) is 0 Å². The van der Waals surface area contributed by atoms with Crippen LogP contribution in [0.15, 0.2) is 24.7 Å². The fraction of sp³-hybridized carbons (Fsp3) is 0.300. The molecule has 15 heavy (non-hydrogen) atoms. The molecule has 0 unspecified atom stereocenters. The summed E-state index contributed by atoms with van der Waals surface area (Å²) in [6.45, 7) is 3.98. The smallest absolute Gasteiger partial charge is 0.210 e. The fourth-order valence-electron chi connectivity index (χ4n) is 1.23. The first kappa shape index (κ1) is 9.76. The summed E-state index contributed by atoms with van der Waals surface area (Å²) in [4.78, 5) is 5.17. The molecule has 0 aromatic carbocycles. The molecule has 5 heteroatoms. The van der Waals surface area contributed by atoms with Crippen LogP contribution >= 0.6 is 0 Å². The van der Waals surface area contributed by atoms with E-state index in [-0.39, 0.29) is 11.7 Å². The highest BCUT2D eigenvalue weighted by molar-refractivity contribution is 5.26. The van der Waals surface area contributed by atoms with Gasteiger partial charge in [0.2, 0.25) is 5.82 Å². The zero-order valence-electron chi connectivity index (χ0n) is 8.55. The molecule has 0 aliphatic heterocycles. The number of nitrogens with zero attached hydrogens (tertiary/aromatic N) is 4. The van der Waals surface area contributed by atoms with Crippen LogP contribution in [0, 0.1) is 5.82 Å². The van der Waals surface area contributed by atoms with Gasteiger partial charge in [0.25, 0.3) is 0 Å². The van der Waals surface area contributed by atoms with Crippen molar-refractivity contribution in [3.8, 4) is 5.82 Å². The Labute approximate surface area is 86.8 Å². The average Bonchev–Trinajstić information content (AvgIpc) is 2.70. The summed E-state index contributed by atoms with van der Waals surface area (Å²) in [6.07, 6.45) is 4.61. The molecular formula is C10H11FN4. The zero-order chi connectivity index (χ0) is 10.8. The quantitative estimate of drug-likeness (QED) is 0.754. The van der Waals surface area contributed by atoms with Gasteiger partial charge in [0, 0.05) is 6.20 Å². The van der Waals surface area contributed by atoms with Crippen molar-refractivity contribution in [2.45, 2.75) is 19.8 Å². The van der Waals surface area contributed by atoms with Gasteiger partial charge in [-0.05, 0) is 17.5 Å². The van der Waals surface area contributed by atoms with Gasteiger partial charge in [0.05, 0.1) is 12.4 Å². The number of pyridine rings is 1. The third-order valence-corrected chi connectivity index (χ3v) is 2.12. The molecule has 0 spiro atoms. The lowest BCUT2D eigenvalue weighted by atomic mass is 10.1. The Morgan fingerprint density at radius 1 is 1.27 bits per heavy atom. The number of hydrogen-bond donors (Lipinski definition) is 0. The Hall–Kier alpha value is -1.78. The predicted molar refractivity (Wildman–Crippen MR) is 53.2 cm³/mol. The normalized spacial score (nSPS) is 10.9. The Morgan fingerprint density at radius 2 is 1.93 bits per heavy atom. The molecule has 0 N–H and O–H groups in total. The molecule has 0 aliphatic rings. The van der Waals surface area contributed by atoms with E-state index < -0.39 is 5.82 Å². The molecule has 0 atom stereocenters. The second kappa shape index (κ2) is 3.76. The number of hydrogen-bond acceptors (Lipinski definition) is 3. The first-order chi connectivity index (χ1) is 7.18. The predicted octanol–water partition coefficient (Wildman–Crippen LogP) is 1.92. The number of halogens is 1. The van der Waals surface area contributed by atoms with Gasteiger partial charge in [-0.3, -0.25) is 0 Å². The number of rotatable bonds is 2. The molecular weight excluding hydrogens is 195 g/mol. The molecule has 4 nitrogen and oxygen atoms in total. The minimum atomic E-state index is -0.405. The van der Waals surface area contributed by atoms with E-state index in [0.29, 0.717) is 0 Å². The highest BCUT2D eigenvalue weighted by atomic mass is 19.1. The Morgan fingerprint density at radius 3 is 2.47 bits per heavy atom. The van der Waals surface area contributed by atoms with Crippen molar-refractivity contribution in [2.24, 2.45) is 0 Å². The van der Waals surface area contributed by atoms with E-state index in [1.807, 2.05) is 13.8 Å². The summed E-state index contributed by atoms with van der Waals surface area (Å²) in [5.41, 5.74) is 0.864. The lowest BCUT2D eigenvalue weighted by Gasteiger charge is -2.06. The monoisotopic (exact) mass is 206 g/mol. The fourth-order valence-corrected chi connectivity index (χ4v) is 1.23. The summed E-state index contributed by atoms with van der Waals surface area (Å²) in [5, 5.41) is 7.65. The molecule has 0 radical (unpaired) electrons. The topological polar surface area (TPSA) is 43.6 Å². The third-order valence-electron chi connectivity index (χ3n) is 2.12. The minimum Gasteiger partial charge on any atom is -0.233 e. The molecule has 0 fully saturated rings. The maximum absolute atomic E-state index is 13.6. The van der Waals surface area contributed by atoms with Gasteiger partial charge in [0.15, 0.2) is 5.82 Å². The van der Waals surface area contributed by atoms with Crippen LogP contribution in [-0.2, 0) is 0 Å². The van der Waals surface area contributed by atoms with E-state index in [4.69, 9.17) is 0 Å². The average molecular weight is 206 g/mol. The Kier molecular flexibility index (Phi) is 2.45. The molecule has 2 heterocycles. The van der Waals surface area contributed by atoms with E-state index in [1.54, 1.807) is 6.20 Å². The first-order valence-corrected chi connectivity index (χ1v) is 4.70. The molecule has 0 amide bonds. The lowest BCUT2D eigenvalue weighted by Crippen LogP contribution is -2.05. The van der Waals surface area contributed by atoms with E-state index in [2.05, 4.69) is 15.2 Å². The van der Waals surface area contributed by atoms with Gasteiger partial charge in [-0.25, -0.2) is 9.37 Å². The second-order valence-electron chi connectivity index (χ2n) is 3.55. The van der Waals surface area contributed by atoms with E-state index in [9.17, 15) is 4.39 Å². The Bertz CT molecular complexity index is 450. The highest BCUT2D eigenvalue weighted by Crippen LogP contribution is 2.16. The SMILES string of the molecule is CC(C)c1cnc(-n2nccn2)c(F)c1. The Balaban J connectivity index is 2.44. The van der Waals surface area contributed by atoms with Gasteiger partial charge in [-0.15, -0.1) is 4.80 Å². The van der Waals surface area contributed by atoms with E-state index in [1.165, 1.54) is 23.3 Å². The van der Waals surface area contributed by atoms with Crippen LogP contribution in [0.3, 0.4) is 0 Å². The largest absolute Gasteiger partial charge is 0.233 e. The van der Waals surface area contributed by atoms with Crippen molar-refractivity contribution < 1.29 is 4.39 Å². The zero-order valence-corrected chi connectivity index (χ0v) is 8.55.